The molecule has 16 heavy (non-hydrogen) atoms. The Hall–Kier alpha value is -0.730. The summed E-state index contributed by atoms with van der Waals surface area (Å²) in [7, 11) is 0. The van der Waals surface area contributed by atoms with Crippen molar-refractivity contribution in [2.24, 2.45) is 0 Å². The van der Waals surface area contributed by atoms with Gasteiger partial charge in [0.25, 0.3) is 0 Å². The Bertz CT molecular complexity index is 328. The maximum Gasteiger partial charge on any atom is 0.134 e. The van der Waals surface area contributed by atoms with Gasteiger partial charge in [-0.1, -0.05) is 37.9 Å². The van der Waals surface area contributed by atoms with Gasteiger partial charge in [0.15, 0.2) is 0 Å². The van der Waals surface area contributed by atoms with Gasteiger partial charge in [-0.2, -0.15) is 0 Å². The van der Waals surface area contributed by atoms with Crippen molar-refractivity contribution in [1.29, 1.82) is 0 Å². The lowest BCUT2D eigenvalue weighted by molar-refractivity contribution is 0.461. The van der Waals surface area contributed by atoms with Crippen LogP contribution in [0.4, 0.5) is 0 Å². The molecule has 0 spiro atoms. The highest BCUT2D eigenvalue weighted by Gasteiger charge is 2.05. The molecule has 2 nitrogen and oxygen atoms in total. The number of halogens is 1. The first-order chi connectivity index (χ1) is 7.67. The average molecular weight is 242 g/mol. The molecule has 3 heteroatoms. The quantitative estimate of drug-likeness (QED) is 0.796. The van der Waals surface area contributed by atoms with E-state index in [1.807, 2.05) is 12.1 Å². The molecule has 0 heterocycles. The summed E-state index contributed by atoms with van der Waals surface area (Å²) in [4.78, 5) is 0. The van der Waals surface area contributed by atoms with Crippen molar-refractivity contribution in [1.82, 2.24) is 5.32 Å². The highest BCUT2D eigenvalue weighted by Crippen LogP contribution is 2.23. The molecule has 1 unspecified atom stereocenters. The molecule has 1 aromatic carbocycles. The normalized spacial score (nSPS) is 12.7. The van der Waals surface area contributed by atoms with Gasteiger partial charge in [0.05, 0.1) is 5.02 Å². The lowest BCUT2D eigenvalue weighted by atomic mass is 10.1. The second kappa shape index (κ2) is 6.77. The van der Waals surface area contributed by atoms with E-state index >= 15 is 0 Å². The summed E-state index contributed by atoms with van der Waals surface area (Å²) in [5.74, 6) is 0.144. The molecule has 1 atom stereocenters. The fraction of sp³-hybridized carbons (Fsp3) is 0.538. The van der Waals surface area contributed by atoms with Gasteiger partial charge >= 0.3 is 0 Å². The highest BCUT2D eigenvalue weighted by atomic mass is 35.5. The van der Waals surface area contributed by atoms with Crippen LogP contribution in [0.25, 0.3) is 0 Å². The zero-order valence-corrected chi connectivity index (χ0v) is 10.7. The number of benzene rings is 1. The fourth-order valence-corrected chi connectivity index (χ4v) is 1.92. The Balaban J connectivity index is 2.50. The zero-order chi connectivity index (χ0) is 12.0. The molecule has 1 aromatic rings. The maximum atomic E-state index is 9.30. The van der Waals surface area contributed by atoms with Gasteiger partial charge < -0.3 is 10.4 Å². The smallest absolute Gasteiger partial charge is 0.134 e. The largest absolute Gasteiger partial charge is 0.506 e. The van der Waals surface area contributed by atoms with Crippen LogP contribution in [0.15, 0.2) is 18.2 Å². The molecule has 0 radical (unpaired) electrons. The van der Waals surface area contributed by atoms with Crippen LogP contribution in [0.2, 0.25) is 5.02 Å². The SMILES string of the molecule is CCCC(CC)NCc1ccc(O)c(Cl)c1. The van der Waals surface area contributed by atoms with E-state index in [0.29, 0.717) is 11.1 Å². The third kappa shape index (κ3) is 4.03. The molecular weight excluding hydrogens is 222 g/mol. The molecule has 2 N–H and O–H groups in total. The topological polar surface area (TPSA) is 32.3 Å². The molecule has 0 saturated heterocycles. The summed E-state index contributed by atoms with van der Waals surface area (Å²) in [6.45, 7) is 5.19. The summed E-state index contributed by atoms with van der Waals surface area (Å²) in [5, 5.41) is 13.2. The predicted molar refractivity (Wildman–Crippen MR) is 68.9 cm³/mol. The van der Waals surface area contributed by atoms with Crippen molar-refractivity contribution in [2.45, 2.75) is 45.7 Å². The first-order valence-corrected chi connectivity index (χ1v) is 6.26. The van der Waals surface area contributed by atoms with E-state index in [2.05, 4.69) is 19.2 Å². The maximum absolute atomic E-state index is 9.30. The Labute approximate surface area is 103 Å². The van der Waals surface area contributed by atoms with Crippen LogP contribution in [-0.4, -0.2) is 11.1 Å². The van der Waals surface area contributed by atoms with Gasteiger partial charge in [0.2, 0.25) is 0 Å². The Morgan fingerprint density at radius 3 is 2.69 bits per heavy atom. The number of phenolic OH excluding ortho intramolecular Hbond substituents is 1. The number of hydrogen-bond donors (Lipinski definition) is 2. The van der Waals surface area contributed by atoms with Crippen molar-refractivity contribution in [2.75, 3.05) is 0 Å². The number of aromatic hydroxyl groups is 1. The molecule has 90 valence electrons. The molecule has 0 saturated carbocycles. The van der Waals surface area contributed by atoms with Gasteiger partial charge in [-0.05, 0) is 30.5 Å². The van der Waals surface area contributed by atoms with Crippen molar-refractivity contribution in [3.8, 4) is 5.75 Å². The fourth-order valence-electron chi connectivity index (χ4n) is 1.72. The van der Waals surface area contributed by atoms with Gasteiger partial charge in [-0.25, -0.2) is 0 Å². The number of hydrogen-bond acceptors (Lipinski definition) is 2. The summed E-state index contributed by atoms with van der Waals surface area (Å²) < 4.78 is 0. The molecular formula is C13H20ClNO. The Morgan fingerprint density at radius 1 is 1.38 bits per heavy atom. The van der Waals surface area contributed by atoms with E-state index in [1.54, 1.807) is 6.07 Å². The lowest BCUT2D eigenvalue weighted by Crippen LogP contribution is -2.27. The van der Waals surface area contributed by atoms with Gasteiger partial charge in [0, 0.05) is 12.6 Å². The van der Waals surface area contributed by atoms with Crippen LogP contribution in [0.1, 0.15) is 38.7 Å². The minimum Gasteiger partial charge on any atom is -0.506 e. The number of phenols is 1. The van der Waals surface area contributed by atoms with Gasteiger partial charge in [0.1, 0.15) is 5.75 Å². The highest BCUT2D eigenvalue weighted by molar-refractivity contribution is 6.32. The summed E-state index contributed by atoms with van der Waals surface area (Å²) in [6.07, 6.45) is 3.53. The summed E-state index contributed by atoms with van der Waals surface area (Å²) >= 11 is 5.85. The van der Waals surface area contributed by atoms with E-state index in [4.69, 9.17) is 11.6 Å². The van der Waals surface area contributed by atoms with E-state index in [9.17, 15) is 5.11 Å². The van der Waals surface area contributed by atoms with Crippen molar-refractivity contribution in [3.63, 3.8) is 0 Å². The van der Waals surface area contributed by atoms with Crippen molar-refractivity contribution < 1.29 is 5.11 Å². The van der Waals surface area contributed by atoms with Crippen LogP contribution in [0, 0.1) is 0 Å². The zero-order valence-electron chi connectivity index (χ0n) is 9.96. The minimum atomic E-state index is 0.144. The predicted octanol–water partition coefficient (Wildman–Crippen LogP) is 3.71. The van der Waals surface area contributed by atoms with Crippen LogP contribution in [0.5, 0.6) is 5.75 Å². The number of nitrogens with one attached hydrogen (secondary N) is 1. The second-order valence-corrected chi connectivity index (χ2v) is 4.47. The summed E-state index contributed by atoms with van der Waals surface area (Å²) in [6, 6.07) is 5.91. The Morgan fingerprint density at radius 2 is 2.12 bits per heavy atom. The molecule has 1 rings (SSSR count). The second-order valence-electron chi connectivity index (χ2n) is 4.06. The minimum absolute atomic E-state index is 0.144. The molecule has 0 bridgehead atoms. The Kier molecular flexibility index (Phi) is 5.64. The van der Waals surface area contributed by atoms with Crippen LogP contribution >= 0.6 is 11.6 Å². The molecule has 0 aliphatic rings. The standard InChI is InChI=1S/C13H20ClNO/c1-3-5-11(4-2)15-9-10-6-7-13(16)12(14)8-10/h6-8,11,15-16H,3-5,9H2,1-2H3. The van der Waals surface area contributed by atoms with Gasteiger partial charge in [-0.15, -0.1) is 0 Å². The van der Waals surface area contributed by atoms with E-state index in [1.165, 1.54) is 12.8 Å². The lowest BCUT2D eigenvalue weighted by Gasteiger charge is -2.16. The van der Waals surface area contributed by atoms with Gasteiger partial charge in [-0.3, -0.25) is 0 Å². The van der Waals surface area contributed by atoms with Crippen molar-refractivity contribution >= 4 is 11.6 Å². The first-order valence-electron chi connectivity index (χ1n) is 5.88. The van der Waals surface area contributed by atoms with Crippen LogP contribution in [0.3, 0.4) is 0 Å². The van der Waals surface area contributed by atoms with Crippen molar-refractivity contribution in [3.05, 3.63) is 28.8 Å². The average Bonchev–Trinajstić information content (AvgIpc) is 2.28. The van der Waals surface area contributed by atoms with E-state index in [0.717, 1.165) is 18.5 Å². The third-order valence-electron chi connectivity index (χ3n) is 2.74. The number of rotatable bonds is 6. The molecule has 0 aromatic heterocycles. The van der Waals surface area contributed by atoms with E-state index in [-0.39, 0.29) is 5.75 Å². The monoisotopic (exact) mass is 241 g/mol. The van der Waals surface area contributed by atoms with E-state index < -0.39 is 0 Å². The van der Waals surface area contributed by atoms with Crippen LogP contribution in [-0.2, 0) is 6.54 Å². The molecule has 0 amide bonds. The molecule has 0 aliphatic heterocycles. The molecule has 0 fully saturated rings. The first kappa shape index (κ1) is 13.3. The van der Waals surface area contributed by atoms with Crippen LogP contribution < -0.4 is 5.32 Å². The summed E-state index contributed by atoms with van der Waals surface area (Å²) in [5.41, 5.74) is 1.11. The third-order valence-corrected chi connectivity index (χ3v) is 3.04. The molecule has 0 aliphatic carbocycles.